The van der Waals surface area contributed by atoms with E-state index in [0.29, 0.717) is 30.0 Å². The minimum Gasteiger partial charge on any atom is -0.493 e. The SMILES string of the molecule is COc1ccc(CNc2nncc(NC3CCCCCC3)n2)cc1OC. The van der Waals surface area contributed by atoms with Crippen LogP contribution in [0.4, 0.5) is 11.8 Å². The molecule has 0 bridgehead atoms. The molecule has 26 heavy (non-hydrogen) atoms. The molecule has 0 saturated heterocycles. The zero-order valence-corrected chi connectivity index (χ0v) is 15.5. The summed E-state index contributed by atoms with van der Waals surface area (Å²) in [5, 5.41) is 14.9. The molecule has 0 unspecified atom stereocenters. The van der Waals surface area contributed by atoms with Gasteiger partial charge in [-0.2, -0.15) is 10.1 Å². The van der Waals surface area contributed by atoms with Crippen molar-refractivity contribution in [2.75, 3.05) is 24.9 Å². The van der Waals surface area contributed by atoms with Gasteiger partial charge in [0.15, 0.2) is 17.3 Å². The molecule has 1 aliphatic carbocycles. The van der Waals surface area contributed by atoms with Crippen molar-refractivity contribution in [3.05, 3.63) is 30.0 Å². The predicted octanol–water partition coefficient (Wildman–Crippen LogP) is 3.64. The molecular weight excluding hydrogens is 330 g/mol. The first-order valence-corrected chi connectivity index (χ1v) is 9.19. The zero-order chi connectivity index (χ0) is 18.2. The number of nitrogens with one attached hydrogen (secondary N) is 2. The van der Waals surface area contributed by atoms with Gasteiger partial charge in [0.1, 0.15) is 0 Å². The summed E-state index contributed by atoms with van der Waals surface area (Å²) in [7, 11) is 3.26. The average molecular weight is 357 g/mol. The second-order valence-corrected chi connectivity index (χ2v) is 6.54. The Kier molecular flexibility index (Phi) is 6.46. The van der Waals surface area contributed by atoms with Crippen LogP contribution in [0.1, 0.15) is 44.1 Å². The van der Waals surface area contributed by atoms with Gasteiger partial charge >= 0.3 is 0 Å². The van der Waals surface area contributed by atoms with E-state index in [1.54, 1.807) is 20.4 Å². The second-order valence-electron chi connectivity index (χ2n) is 6.54. The van der Waals surface area contributed by atoms with Crippen molar-refractivity contribution in [2.45, 2.75) is 51.1 Å². The van der Waals surface area contributed by atoms with Gasteiger partial charge in [-0.05, 0) is 30.5 Å². The van der Waals surface area contributed by atoms with Crippen molar-refractivity contribution in [2.24, 2.45) is 0 Å². The van der Waals surface area contributed by atoms with Crippen LogP contribution in [0.2, 0.25) is 0 Å². The Hall–Kier alpha value is -2.57. The molecule has 7 nitrogen and oxygen atoms in total. The van der Waals surface area contributed by atoms with E-state index in [4.69, 9.17) is 9.47 Å². The molecule has 0 spiro atoms. The number of rotatable bonds is 7. The molecule has 0 aliphatic heterocycles. The fourth-order valence-electron chi connectivity index (χ4n) is 3.25. The van der Waals surface area contributed by atoms with Gasteiger partial charge in [0.2, 0.25) is 5.95 Å². The highest BCUT2D eigenvalue weighted by Gasteiger charge is 2.13. The number of nitrogens with zero attached hydrogens (tertiary/aromatic N) is 3. The highest BCUT2D eigenvalue weighted by Crippen LogP contribution is 2.27. The summed E-state index contributed by atoms with van der Waals surface area (Å²) in [4.78, 5) is 4.54. The van der Waals surface area contributed by atoms with Crippen LogP contribution in [0, 0.1) is 0 Å². The van der Waals surface area contributed by atoms with E-state index < -0.39 is 0 Å². The van der Waals surface area contributed by atoms with Crippen molar-refractivity contribution in [1.82, 2.24) is 15.2 Å². The summed E-state index contributed by atoms with van der Waals surface area (Å²) < 4.78 is 10.6. The fraction of sp³-hybridized carbons (Fsp3) is 0.526. The summed E-state index contributed by atoms with van der Waals surface area (Å²) in [6, 6.07) is 6.29. The second kappa shape index (κ2) is 9.22. The first kappa shape index (κ1) is 18.2. The van der Waals surface area contributed by atoms with Crippen LogP contribution < -0.4 is 20.1 Å². The lowest BCUT2D eigenvalue weighted by Crippen LogP contribution is -2.19. The maximum absolute atomic E-state index is 5.34. The van der Waals surface area contributed by atoms with Gasteiger partial charge in [-0.3, -0.25) is 0 Å². The number of hydrogen-bond donors (Lipinski definition) is 2. The summed E-state index contributed by atoms with van der Waals surface area (Å²) in [6.45, 7) is 0.578. The topological polar surface area (TPSA) is 81.2 Å². The Labute approximate surface area is 154 Å². The first-order valence-electron chi connectivity index (χ1n) is 9.19. The summed E-state index contributed by atoms with van der Waals surface area (Å²) in [6.07, 6.45) is 9.29. The van der Waals surface area contributed by atoms with Crippen LogP contribution in [0.15, 0.2) is 24.4 Å². The third-order valence-corrected chi connectivity index (χ3v) is 4.66. The summed E-state index contributed by atoms with van der Waals surface area (Å²) in [5.74, 6) is 2.71. The van der Waals surface area contributed by atoms with Crippen LogP contribution >= 0.6 is 0 Å². The van der Waals surface area contributed by atoms with Crippen molar-refractivity contribution >= 4 is 11.8 Å². The van der Waals surface area contributed by atoms with E-state index in [9.17, 15) is 0 Å². The molecule has 1 aromatic heterocycles. The number of anilines is 2. The summed E-state index contributed by atoms with van der Waals surface area (Å²) in [5.41, 5.74) is 1.05. The van der Waals surface area contributed by atoms with Gasteiger partial charge in [0.25, 0.3) is 0 Å². The molecular formula is C19H27N5O2. The van der Waals surface area contributed by atoms with E-state index in [2.05, 4.69) is 25.8 Å². The quantitative estimate of drug-likeness (QED) is 0.732. The standard InChI is InChI=1S/C19H27N5O2/c1-25-16-10-9-14(11-17(16)26-2)12-20-19-23-18(13-21-24-19)22-15-7-5-3-4-6-8-15/h9-11,13,15H,3-8,12H2,1-2H3,(H2,20,22,23,24). The Bertz CT molecular complexity index is 702. The van der Waals surface area contributed by atoms with Gasteiger partial charge in [0.05, 0.1) is 20.4 Å². The molecule has 2 N–H and O–H groups in total. The number of benzene rings is 1. The highest BCUT2D eigenvalue weighted by molar-refractivity contribution is 5.44. The minimum absolute atomic E-state index is 0.480. The van der Waals surface area contributed by atoms with Crippen molar-refractivity contribution in [3.63, 3.8) is 0 Å². The van der Waals surface area contributed by atoms with Crippen molar-refractivity contribution in [3.8, 4) is 11.5 Å². The maximum atomic E-state index is 5.34. The van der Waals surface area contributed by atoms with Gasteiger partial charge in [-0.1, -0.05) is 31.7 Å². The average Bonchev–Trinajstić information content (AvgIpc) is 2.95. The van der Waals surface area contributed by atoms with E-state index >= 15 is 0 Å². The van der Waals surface area contributed by atoms with E-state index in [1.165, 1.54) is 38.5 Å². The van der Waals surface area contributed by atoms with Gasteiger partial charge in [0, 0.05) is 12.6 Å². The number of hydrogen-bond acceptors (Lipinski definition) is 7. The lowest BCUT2D eigenvalue weighted by molar-refractivity contribution is 0.354. The molecule has 1 saturated carbocycles. The lowest BCUT2D eigenvalue weighted by atomic mass is 10.1. The number of methoxy groups -OCH3 is 2. The molecule has 3 rings (SSSR count). The first-order chi connectivity index (χ1) is 12.8. The van der Waals surface area contributed by atoms with Crippen molar-refractivity contribution in [1.29, 1.82) is 0 Å². The van der Waals surface area contributed by atoms with Gasteiger partial charge < -0.3 is 20.1 Å². The number of aromatic nitrogens is 3. The van der Waals surface area contributed by atoms with E-state index in [1.807, 2.05) is 18.2 Å². The molecule has 0 amide bonds. The zero-order valence-electron chi connectivity index (χ0n) is 15.5. The smallest absolute Gasteiger partial charge is 0.244 e. The molecule has 0 radical (unpaired) electrons. The third-order valence-electron chi connectivity index (χ3n) is 4.66. The molecule has 1 fully saturated rings. The predicted molar refractivity (Wildman–Crippen MR) is 102 cm³/mol. The Morgan fingerprint density at radius 1 is 1.04 bits per heavy atom. The third kappa shape index (κ3) is 4.97. The molecule has 1 aromatic carbocycles. The minimum atomic E-state index is 0.480. The maximum Gasteiger partial charge on any atom is 0.244 e. The fourth-order valence-corrected chi connectivity index (χ4v) is 3.25. The monoisotopic (exact) mass is 357 g/mol. The Morgan fingerprint density at radius 2 is 1.81 bits per heavy atom. The van der Waals surface area contributed by atoms with Crippen LogP contribution in [0.5, 0.6) is 11.5 Å². The largest absolute Gasteiger partial charge is 0.493 e. The summed E-state index contributed by atoms with van der Waals surface area (Å²) >= 11 is 0. The molecule has 140 valence electrons. The molecule has 1 heterocycles. The van der Waals surface area contributed by atoms with Crippen LogP contribution in [-0.2, 0) is 6.54 Å². The molecule has 0 atom stereocenters. The Balaban J connectivity index is 1.60. The molecule has 7 heteroatoms. The van der Waals surface area contributed by atoms with Gasteiger partial charge in [-0.25, -0.2) is 0 Å². The Morgan fingerprint density at radius 3 is 2.54 bits per heavy atom. The van der Waals surface area contributed by atoms with Crippen LogP contribution in [0.3, 0.4) is 0 Å². The lowest BCUT2D eigenvalue weighted by Gasteiger charge is -2.16. The number of ether oxygens (including phenoxy) is 2. The van der Waals surface area contributed by atoms with Gasteiger partial charge in [-0.15, -0.1) is 5.10 Å². The van der Waals surface area contributed by atoms with E-state index in [0.717, 1.165) is 11.4 Å². The normalized spacial score (nSPS) is 15.2. The molecule has 2 aromatic rings. The van der Waals surface area contributed by atoms with Crippen LogP contribution in [-0.4, -0.2) is 35.4 Å². The van der Waals surface area contributed by atoms with Crippen LogP contribution in [0.25, 0.3) is 0 Å². The molecule has 1 aliphatic rings. The van der Waals surface area contributed by atoms with Crippen molar-refractivity contribution < 1.29 is 9.47 Å². The van der Waals surface area contributed by atoms with E-state index in [-0.39, 0.29) is 0 Å². The highest BCUT2D eigenvalue weighted by atomic mass is 16.5.